The predicted molar refractivity (Wildman–Crippen MR) is 519 cm³/mol. The van der Waals surface area contributed by atoms with Crippen LogP contribution in [-0.4, -0.2) is 200 Å². The highest BCUT2D eigenvalue weighted by atomic mass is 19.4. The zero-order chi connectivity index (χ0) is 109. The van der Waals surface area contributed by atoms with Gasteiger partial charge in [0.2, 0.25) is 17.8 Å². The summed E-state index contributed by atoms with van der Waals surface area (Å²) in [6.45, 7) is 15.9. The summed E-state index contributed by atoms with van der Waals surface area (Å²) < 4.78 is 268. The third-order valence-electron chi connectivity index (χ3n) is 30.6. The molecule has 27 nitrogen and oxygen atoms in total. The van der Waals surface area contributed by atoms with Crippen LogP contribution in [0.4, 0.5) is 123 Å². The molecule has 150 heavy (non-hydrogen) atoms. The van der Waals surface area contributed by atoms with Crippen molar-refractivity contribution in [2.24, 2.45) is 30.7 Å². The van der Waals surface area contributed by atoms with Gasteiger partial charge in [-0.2, -0.15) is 79.0 Å². The lowest BCUT2D eigenvalue weighted by Crippen LogP contribution is -2.57. The number of carbonyl (C=O) groups is 6. The fourth-order valence-corrected chi connectivity index (χ4v) is 22.4. The van der Waals surface area contributed by atoms with Gasteiger partial charge < -0.3 is 73.3 Å². The van der Waals surface area contributed by atoms with Crippen molar-refractivity contribution in [3.63, 3.8) is 0 Å². The predicted octanol–water partition coefficient (Wildman–Crippen LogP) is 24.8. The number of aromatic nitrogens is 7. The van der Waals surface area contributed by atoms with E-state index in [0.717, 1.165) is 105 Å². The lowest BCUT2D eigenvalue weighted by Gasteiger charge is -2.47. The summed E-state index contributed by atoms with van der Waals surface area (Å²) in [6, 6.07) is 3.21. The van der Waals surface area contributed by atoms with Crippen LogP contribution >= 0.6 is 0 Å². The number of carboxylic acid groups (broad SMARTS) is 3. The SMILES string of the molecule is CC[C@@H]1CC(N(Cc2cc(C(F)(F)F)cc(C(F)(F)F)c2)c2ncc(-c3ccn(C)c3)cn2)C[C@H](CC)N1C(=O)OC1CCC(C(=O)O)CC1.CC[C@@H]1CC(N(Cc2cc(C(F)(F)F)cc(C(F)(F)F)c2)c2ncc(N3CCCCC3)cn2)C[C@H](CC)N1C(=O)OC1CCC(C(=O)O)CC1.CC[C@@H]1CC(N(Cc2cc(C(F)(F)F)cc(C(F)(F)F)c2)c2ncc(N3CC[C@H](C)C3)cn2)C[C@H](CC)N1C(=O)OC1CCC(C(=O)O)CC1. The summed E-state index contributed by atoms with van der Waals surface area (Å²) in [5.74, 6) is -2.99. The highest BCUT2D eigenvalue weighted by molar-refractivity contribution is 5.73. The van der Waals surface area contributed by atoms with Gasteiger partial charge >= 0.3 is 73.2 Å². The maximum Gasteiger partial charge on any atom is 0.416 e. The Kier molecular flexibility index (Phi) is 37.9. The number of carbonyl (C=O) groups excluding carboxylic acids is 3. The second kappa shape index (κ2) is 49.3. The number of hydrogen-bond acceptors (Lipinski definition) is 20. The topological polar surface area (TPSA) is 299 Å². The van der Waals surface area contributed by atoms with E-state index in [2.05, 4.69) is 46.6 Å². The van der Waals surface area contributed by atoms with E-state index in [1.807, 2.05) is 71.6 Å². The van der Waals surface area contributed by atoms with Crippen molar-refractivity contribution < 1.29 is 137 Å². The molecule has 824 valence electrons. The molecule has 3 aromatic carbocycles. The van der Waals surface area contributed by atoms with Crippen LogP contribution < -0.4 is 24.5 Å². The number of anilines is 5. The molecule has 0 radical (unpaired) electrons. The summed E-state index contributed by atoms with van der Waals surface area (Å²) in [5.41, 5.74) is -5.88. The van der Waals surface area contributed by atoms with E-state index < -0.39 is 161 Å². The average Bonchev–Trinajstić information content (AvgIpc) is 0.876. The third kappa shape index (κ3) is 29.5. The molecule has 3 aliphatic carbocycles. The number of hydrogen-bond donors (Lipinski definition) is 3. The van der Waals surface area contributed by atoms with E-state index in [4.69, 9.17) is 14.2 Å². The molecule has 0 bridgehead atoms. The van der Waals surface area contributed by atoms with Crippen molar-refractivity contribution in [3.05, 3.63) is 160 Å². The highest BCUT2D eigenvalue weighted by Crippen LogP contribution is 2.47. The molecule has 3 unspecified atom stereocenters. The van der Waals surface area contributed by atoms with Gasteiger partial charge in [0, 0.05) is 143 Å². The molecular formula is C105H131F18N15O12. The number of rotatable bonds is 27. The minimum atomic E-state index is -5.01. The maximum absolute atomic E-state index is 13.8. The van der Waals surface area contributed by atoms with Crippen LogP contribution in [0.25, 0.3) is 11.1 Å². The van der Waals surface area contributed by atoms with Crippen molar-refractivity contribution in [2.75, 3.05) is 50.7 Å². The minimum Gasteiger partial charge on any atom is -0.481 e. The standard InChI is InChI=1S/C35H41F6N5O4.2C35H45F6N5O4/c1-4-27-15-29(16-28(5-2)46(27)33(49)50-30-8-6-22(7-9-30)31(47)48)45(32-42-17-24(18-43-32)23-10-11-44(3)20-23)19-21-12-25(34(36,37)38)14-26(13-21)35(39,40)41;1-4-26-15-28(16-27(5-2)46(26)33(49)50-30-8-6-23(7-9-30)31(47)48)45(32-42-17-29(18-43-32)44-11-10-21(3)19-44)20-22-12-24(34(36,37)38)14-25(13-22)35(39,40)41;1-3-26-17-28(18-27(4-2)46(26)33(49)50-30-10-8-23(9-11-30)31(47)48)45(32-42-19-29(20-43-32)44-12-6-5-7-13-44)21-22-14-24(34(36,37)38)16-25(15-22)35(39,40)41/h10-14,17-18,20,22,27-30H,4-9,15-16,19H2,1-3H3,(H,47,48);12-14,17-18,21,23,26-28,30H,4-11,15-16,19-20H2,1-3H3,(H,47,48);14-16,19-20,23,26-28,30H,3-13,17-18,21H2,1-2H3,(H,47,48)/t22?,27-,28+,29?,30?;21-,23?,26-,27+,28?,30?;23?,26-,27+,28?,30?/m.0./s1. The number of likely N-dealkylation sites (tertiary alicyclic amines) is 3. The molecule has 5 saturated heterocycles. The molecular weight excluding hydrogens is 2010 g/mol. The van der Waals surface area contributed by atoms with Crippen molar-refractivity contribution >= 4 is 65.4 Å². The molecule has 0 spiro atoms. The van der Waals surface area contributed by atoms with Crippen LogP contribution in [0, 0.1) is 23.7 Å². The fourth-order valence-electron chi connectivity index (χ4n) is 22.4. The number of halogens is 18. The molecule has 45 heteroatoms. The van der Waals surface area contributed by atoms with Gasteiger partial charge in [-0.25, -0.2) is 44.3 Å². The van der Waals surface area contributed by atoms with Crippen LogP contribution in [0.5, 0.6) is 0 Å². The fraction of sp³-hybridized carbons (Fsp3) is 0.619. The Morgan fingerprint density at radius 1 is 0.347 bits per heavy atom. The van der Waals surface area contributed by atoms with Gasteiger partial charge in [-0.3, -0.25) is 14.4 Å². The monoisotopic (exact) mass is 2140 g/mol. The van der Waals surface area contributed by atoms with Crippen molar-refractivity contribution in [1.29, 1.82) is 0 Å². The summed E-state index contributed by atoms with van der Waals surface area (Å²) in [4.78, 5) is 117. The molecule has 5 aliphatic heterocycles. The molecule has 9 heterocycles. The number of carboxylic acids is 3. The molecule has 15 rings (SSSR count). The summed E-state index contributed by atoms with van der Waals surface area (Å²) in [7, 11) is 1.85. The van der Waals surface area contributed by atoms with Crippen LogP contribution in [0.15, 0.2) is 110 Å². The Bertz CT molecular complexity index is 5310. The van der Waals surface area contributed by atoms with Crippen LogP contribution in [0.3, 0.4) is 0 Å². The molecule has 8 aliphatic rings. The third-order valence-corrected chi connectivity index (χ3v) is 30.6. The Hall–Kier alpha value is -11.9. The zero-order valence-corrected chi connectivity index (χ0v) is 84.9. The Balaban J connectivity index is 0.000000187. The van der Waals surface area contributed by atoms with E-state index in [1.165, 1.54) is 0 Å². The van der Waals surface area contributed by atoms with Crippen molar-refractivity contribution in [1.82, 2.24) is 49.2 Å². The first-order chi connectivity index (χ1) is 70.8. The van der Waals surface area contributed by atoms with Gasteiger partial charge in [0.05, 0.1) is 87.3 Å². The second-order valence-electron chi connectivity index (χ2n) is 40.9. The number of aliphatic carboxylic acids is 3. The quantitative estimate of drug-likeness (QED) is 0.0318. The zero-order valence-electron chi connectivity index (χ0n) is 84.9. The average molecular weight is 2140 g/mol. The van der Waals surface area contributed by atoms with E-state index >= 15 is 0 Å². The van der Waals surface area contributed by atoms with Crippen molar-refractivity contribution in [2.45, 2.75) is 358 Å². The number of ether oxygens (including phenoxy) is 3. The molecule has 7 aromatic rings. The number of nitrogens with zero attached hydrogens (tertiary/aromatic N) is 15. The first kappa shape index (κ1) is 115. The van der Waals surface area contributed by atoms with Gasteiger partial charge in [0.25, 0.3) is 0 Å². The first-order valence-corrected chi connectivity index (χ1v) is 51.7. The molecule has 8 fully saturated rings. The molecule has 3 saturated carbocycles. The number of benzene rings is 3. The summed E-state index contributed by atoms with van der Waals surface area (Å²) >= 11 is 0. The number of piperidine rings is 4. The normalized spacial score (nSPS) is 24.7. The summed E-state index contributed by atoms with van der Waals surface area (Å²) in [6.07, 6.45) is -4.77. The van der Waals surface area contributed by atoms with Crippen LogP contribution in [0.2, 0.25) is 0 Å². The van der Waals surface area contributed by atoms with E-state index in [1.54, 1.807) is 66.6 Å². The second-order valence-corrected chi connectivity index (χ2v) is 40.9. The number of aryl methyl sites for hydroxylation is 1. The van der Waals surface area contributed by atoms with E-state index in [9.17, 15) is 123 Å². The maximum atomic E-state index is 13.8. The van der Waals surface area contributed by atoms with Gasteiger partial charge in [-0.05, 0) is 263 Å². The molecule has 3 amide bonds. The highest BCUT2D eigenvalue weighted by Gasteiger charge is 2.50. The van der Waals surface area contributed by atoms with Crippen molar-refractivity contribution in [3.8, 4) is 11.1 Å². The van der Waals surface area contributed by atoms with Crippen LogP contribution in [0.1, 0.15) is 278 Å². The Morgan fingerprint density at radius 2 is 0.607 bits per heavy atom. The van der Waals surface area contributed by atoms with Gasteiger partial charge in [0.1, 0.15) is 18.3 Å². The summed E-state index contributed by atoms with van der Waals surface area (Å²) in [5, 5.41) is 28.0. The lowest BCUT2D eigenvalue weighted by molar-refractivity contribution is -0.144. The first-order valence-electron chi connectivity index (χ1n) is 51.7. The van der Waals surface area contributed by atoms with Gasteiger partial charge in [0.15, 0.2) is 0 Å². The Morgan fingerprint density at radius 3 is 0.833 bits per heavy atom. The van der Waals surface area contributed by atoms with E-state index in [-0.39, 0.29) is 109 Å². The number of alkyl halides is 18. The molecule has 10 atom stereocenters. The minimum absolute atomic E-state index is 0.109. The lowest BCUT2D eigenvalue weighted by atomic mass is 9.87. The van der Waals surface area contributed by atoms with E-state index in [0.29, 0.717) is 166 Å². The van der Waals surface area contributed by atoms with Gasteiger partial charge in [-0.15, -0.1) is 0 Å². The molecule has 3 N–H and O–H groups in total. The van der Waals surface area contributed by atoms with Crippen LogP contribution in [-0.2, 0) is 92.3 Å². The largest absolute Gasteiger partial charge is 0.481 e. The Labute approximate surface area is 858 Å². The number of amides is 3. The molecule has 4 aromatic heterocycles. The smallest absolute Gasteiger partial charge is 0.416 e. The van der Waals surface area contributed by atoms with Gasteiger partial charge in [-0.1, -0.05) is 48.5 Å².